The van der Waals surface area contributed by atoms with E-state index in [2.05, 4.69) is 17.3 Å². The largest absolute Gasteiger partial charge is 0.481 e. The Balaban J connectivity index is 1.70. The fourth-order valence-corrected chi connectivity index (χ4v) is 3.42. The standard InChI is InChI=1S/C15H27N3O3/c1-17-8-7-11(9-17)10-18(2)15(21)16-13-5-3-12(4-6-13)14(19)20/h11-13H,3-10H2,1-2H3,(H,16,21)(H,19,20). The van der Waals surface area contributed by atoms with E-state index in [-0.39, 0.29) is 18.0 Å². The molecule has 6 heteroatoms. The third-order valence-electron chi connectivity index (χ3n) is 4.77. The van der Waals surface area contributed by atoms with Crippen LogP contribution in [0.4, 0.5) is 4.79 Å². The van der Waals surface area contributed by atoms with E-state index in [0.29, 0.717) is 18.8 Å². The van der Waals surface area contributed by atoms with Crippen LogP contribution in [-0.2, 0) is 4.79 Å². The van der Waals surface area contributed by atoms with Crippen molar-refractivity contribution in [2.24, 2.45) is 11.8 Å². The summed E-state index contributed by atoms with van der Waals surface area (Å²) in [5, 5.41) is 12.0. The normalized spacial score (nSPS) is 30.1. The molecule has 21 heavy (non-hydrogen) atoms. The number of carboxylic acids is 1. The molecule has 0 aromatic rings. The van der Waals surface area contributed by atoms with Crippen molar-refractivity contribution in [3.8, 4) is 0 Å². The molecule has 1 aliphatic heterocycles. The topological polar surface area (TPSA) is 72.9 Å². The Labute approximate surface area is 126 Å². The molecule has 1 atom stereocenters. The first kappa shape index (κ1) is 16.1. The van der Waals surface area contributed by atoms with Crippen LogP contribution in [0, 0.1) is 11.8 Å². The number of urea groups is 1. The maximum atomic E-state index is 12.2. The number of nitrogens with one attached hydrogen (secondary N) is 1. The van der Waals surface area contributed by atoms with Crippen LogP contribution in [0.1, 0.15) is 32.1 Å². The number of likely N-dealkylation sites (tertiary alicyclic amines) is 1. The lowest BCUT2D eigenvalue weighted by Crippen LogP contribution is -2.46. The smallest absolute Gasteiger partial charge is 0.317 e. The van der Waals surface area contributed by atoms with Crippen LogP contribution in [0.25, 0.3) is 0 Å². The first-order valence-corrected chi connectivity index (χ1v) is 7.88. The Morgan fingerprint density at radius 3 is 2.43 bits per heavy atom. The van der Waals surface area contributed by atoms with Gasteiger partial charge in [0, 0.05) is 26.2 Å². The van der Waals surface area contributed by atoms with Crippen LogP contribution in [0.3, 0.4) is 0 Å². The molecule has 2 N–H and O–H groups in total. The van der Waals surface area contributed by atoms with Crippen molar-refractivity contribution < 1.29 is 14.7 Å². The molecule has 1 aliphatic carbocycles. The van der Waals surface area contributed by atoms with Crippen LogP contribution >= 0.6 is 0 Å². The number of carbonyl (C=O) groups excluding carboxylic acids is 1. The molecule has 2 amide bonds. The first-order valence-electron chi connectivity index (χ1n) is 7.88. The van der Waals surface area contributed by atoms with E-state index >= 15 is 0 Å². The van der Waals surface area contributed by atoms with E-state index in [1.807, 2.05) is 7.05 Å². The molecule has 1 saturated carbocycles. The predicted molar refractivity (Wildman–Crippen MR) is 80.1 cm³/mol. The average Bonchev–Trinajstić information content (AvgIpc) is 2.84. The SMILES string of the molecule is CN1CCC(CN(C)C(=O)NC2CCC(C(=O)O)CC2)C1. The summed E-state index contributed by atoms with van der Waals surface area (Å²) in [6.45, 7) is 2.96. The van der Waals surface area contributed by atoms with Crippen molar-refractivity contribution in [3.63, 3.8) is 0 Å². The Kier molecular flexibility index (Phi) is 5.45. The van der Waals surface area contributed by atoms with Crippen LogP contribution in [0.2, 0.25) is 0 Å². The number of hydrogen-bond donors (Lipinski definition) is 2. The van der Waals surface area contributed by atoms with Crippen LogP contribution in [0.15, 0.2) is 0 Å². The van der Waals surface area contributed by atoms with E-state index in [1.165, 1.54) is 0 Å². The summed E-state index contributed by atoms with van der Waals surface area (Å²) in [5.41, 5.74) is 0. The second-order valence-corrected chi connectivity index (χ2v) is 6.63. The van der Waals surface area contributed by atoms with Gasteiger partial charge < -0.3 is 20.2 Å². The maximum absolute atomic E-state index is 12.2. The molecular weight excluding hydrogens is 270 g/mol. The maximum Gasteiger partial charge on any atom is 0.317 e. The van der Waals surface area contributed by atoms with E-state index in [9.17, 15) is 9.59 Å². The van der Waals surface area contributed by atoms with Gasteiger partial charge in [0.25, 0.3) is 0 Å². The molecule has 0 radical (unpaired) electrons. The highest BCUT2D eigenvalue weighted by atomic mass is 16.4. The molecule has 2 rings (SSSR count). The van der Waals surface area contributed by atoms with Gasteiger partial charge in [-0.15, -0.1) is 0 Å². The minimum atomic E-state index is -0.706. The van der Waals surface area contributed by atoms with Gasteiger partial charge in [-0.1, -0.05) is 0 Å². The quantitative estimate of drug-likeness (QED) is 0.818. The third-order valence-corrected chi connectivity index (χ3v) is 4.77. The molecule has 6 nitrogen and oxygen atoms in total. The van der Waals surface area contributed by atoms with E-state index in [0.717, 1.165) is 38.9 Å². The fraction of sp³-hybridized carbons (Fsp3) is 0.867. The number of amides is 2. The Hall–Kier alpha value is -1.30. The van der Waals surface area contributed by atoms with Crippen LogP contribution < -0.4 is 5.32 Å². The molecule has 120 valence electrons. The number of rotatable bonds is 4. The summed E-state index contributed by atoms with van der Waals surface area (Å²) >= 11 is 0. The number of carboxylic acid groups (broad SMARTS) is 1. The summed E-state index contributed by atoms with van der Waals surface area (Å²) in [4.78, 5) is 27.2. The van der Waals surface area contributed by atoms with Crippen molar-refractivity contribution in [1.82, 2.24) is 15.1 Å². The van der Waals surface area contributed by atoms with Gasteiger partial charge in [0.1, 0.15) is 0 Å². The van der Waals surface area contributed by atoms with Gasteiger partial charge in [-0.25, -0.2) is 4.79 Å². The van der Waals surface area contributed by atoms with Gasteiger partial charge in [-0.05, 0) is 51.6 Å². The molecule has 2 aliphatic rings. The lowest BCUT2D eigenvalue weighted by Gasteiger charge is -2.29. The minimum absolute atomic E-state index is 0.0247. The second-order valence-electron chi connectivity index (χ2n) is 6.63. The first-order chi connectivity index (χ1) is 9.95. The van der Waals surface area contributed by atoms with Crippen LogP contribution in [-0.4, -0.2) is 66.7 Å². The molecule has 2 fully saturated rings. The Bertz CT molecular complexity index is 380. The van der Waals surface area contributed by atoms with E-state index < -0.39 is 5.97 Å². The van der Waals surface area contributed by atoms with Crippen molar-refractivity contribution >= 4 is 12.0 Å². The van der Waals surface area contributed by atoms with E-state index in [4.69, 9.17) is 5.11 Å². The van der Waals surface area contributed by atoms with Gasteiger partial charge in [-0.3, -0.25) is 4.79 Å². The number of carbonyl (C=O) groups is 2. The molecule has 1 unspecified atom stereocenters. The summed E-state index contributed by atoms with van der Waals surface area (Å²) < 4.78 is 0. The second kappa shape index (κ2) is 7.11. The lowest BCUT2D eigenvalue weighted by molar-refractivity contribution is -0.142. The number of hydrogen-bond acceptors (Lipinski definition) is 3. The molecular formula is C15H27N3O3. The van der Waals surface area contributed by atoms with Crippen LogP contribution in [0.5, 0.6) is 0 Å². The predicted octanol–water partition coefficient (Wildman–Crippen LogP) is 1.22. The summed E-state index contributed by atoms with van der Waals surface area (Å²) in [6, 6.07) is 0.102. The summed E-state index contributed by atoms with van der Waals surface area (Å²) in [7, 11) is 3.96. The van der Waals surface area contributed by atoms with Crippen molar-refractivity contribution in [2.75, 3.05) is 33.7 Å². The van der Waals surface area contributed by atoms with Crippen molar-refractivity contribution in [3.05, 3.63) is 0 Å². The van der Waals surface area contributed by atoms with Gasteiger partial charge in [0.05, 0.1) is 5.92 Å². The van der Waals surface area contributed by atoms with E-state index in [1.54, 1.807) is 4.90 Å². The van der Waals surface area contributed by atoms with Crippen molar-refractivity contribution in [1.29, 1.82) is 0 Å². The third kappa shape index (κ3) is 4.59. The number of aliphatic carboxylic acids is 1. The molecule has 0 bridgehead atoms. The summed E-state index contributed by atoms with van der Waals surface area (Å²) in [5.74, 6) is -0.374. The zero-order valence-corrected chi connectivity index (χ0v) is 13.0. The summed E-state index contributed by atoms with van der Waals surface area (Å²) in [6.07, 6.45) is 4.01. The minimum Gasteiger partial charge on any atom is -0.481 e. The molecule has 1 heterocycles. The van der Waals surface area contributed by atoms with Gasteiger partial charge in [-0.2, -0.15) is 0 Å². The average molecular weight is 297 g/mol. The highest BCUT2D eigenvalue weighted by molar-refractivity contribution is 5.74. The Morgan fingerprint density at radius 1 is 1.24 bits per heavy atom. The Morgan fingerprint density at radius 2 is 1.90 bits per heavy atom. The highest BCUT2D eigenvalue weighted by Crippen LogP contribution is 2.24. The van der Waals surface area contributed by atoms with Gasteiger partial charge in [0.2, 0.25) is 0 Å². The molecule has 0 spiro atoms. The van der Waals surface area contributed by atoms with Crippen molar-refractivity contribution in [2.45, 2.75) is 38.1 Å². The monoisotopic (exact) mass is 297 g/mol. The number of nitrogens with zero attached hydrogens (tertiary/aromatic N) is 2. The molecule has 0 aromatic heterocycles. The fourth-order valence-electron chi connectivity index (χ4n) is 3.42. The van der Waals surface area contributed by atoms with Gasteiger partial charge in [0.15, 0.2) is 0 Å². The zero-order valence-electron chi connectivity index (χ0n) is 13.0. The molecule has 1 saturated heterocycles. The van der Waals surface area contributed by atoms with Gasteiger partial charge >= 0.3 is 12.0 Å². The molecule has 0 aromatic carbocycles. The highest BCUT2D eigenvalue weighted by Gasteiger charge is 2.28. The lowest BCUT2D eigenvalue weighted by atomic mass is 9.86. The zero-order chi connectivity index (χ0) is 15.4.